The predicted molar refractivity (Wildman–Crippen MR) is 74.7 cm³/mol. The highest BCUT2D eigenvalue weighted by Crippen LogP contribution is 2.24. The summed E-state index contributed by atoms with van der Waals surface area (Å²) in [6.45, 7) is 2.60. The molecule has 0 aliphatic carbocycles. The highest BCUT2D eigenvalue weighted by Gasteiger charge is 2.07. The Kier molecular flexibility index (Phi) is 6.92. The first-order chi connectivity index (χ1) is 8.79. The number of hydrogen-bond acceptors (Lipinski definition) is 2. The average Bonchev–Trinajstić information content (AvgIpc) is 2.39. The third kappa shape index (κ3) is 4.78. The van der Waals surface area contributed by atoms with Gasteiger partial charge in [-0.2, -0.15) is 0 Å². The fraction of sp³-hybridized carbons (Fsp3) is 0.467. The summed E-state index contributed by atoms with van der Waals surface area (Å²) in [4.78, 5) is 0. The summed E-state index contributed by atoms with van der Waals surface area (Å²) in [6.07, 6.45) is 8.57. The van der Waals surface area contributed by atoms with E-state index in [1.807, 2.05) is 6.92 Å². The van der Waals surface area contributed by atoms with Crippen molar-refractivity contribution < 1.29 is 9.13 Å². The molecule has 18 heavy (non-hydrogen) atoms. The molecule has 100 valence electrons. The number of ether oxygens (including phenoxy) is 1. The van der Waals surface area contributed by atoms with Crippen LogP contribution in [0.15, 0.2) is 30.4 Å². The van der Waals surface area contributed by atoms with Crippen LogP contribution in [0.5, 0.6) is 5.75 Å². The second-order valence-electron chi connectivity index (χ2n) is 4.13. The molecule has 1 rings (SSSR count). The maximum atomic E-state index is 13.8. The molecule has 0 radical (unpaired) electrons. The molecular formula is C15H22FNO. The monoisotopic (exact) mass is 251 g/mol. The third-order valence-corrected chi connectivity index (χ3v) is 2.74. The van der Waals surface area contributed by atoms with Gasteiger partial charge in [-0.1, -0.05) is 18.2 Å². The lowest BCUT2D eigenvalue weighted by Crippen LogP contribution is -2.01. The molecule has 2 nitrogen and oxygen atoms in total. The van der Waals surface area contributed by atoms with Crippen LogP contribution in [-0.4, -0.2) is 13.7 Å². The predicted octanol–water partition coefficient (Wildman–Crippen LogP) is 4.38. The topological polar surface area (TPSA) is 21.3 Å². The molecule has 0 aliphatic heterocycles. The Hall–Kier alpha value is -1.51. The molecule has 0 aromatic heterocycles. The van der Waals surface area contributed by atoms with Crippen LogP contribution in [0, 0.1) is 5.82 Å². The first kappa shape index (κ1) is 14.6. The smallest absolute Gasteiger partial charge is 0.188 e. The molecule has 1 aromatic rings. The number of anilines is 1. The lowest BCUT2D eigenvalue weighted by atomic mass is 10.2. The number of rotatable bonds is 8. The number of halogens is 1. The molecule has 0 saturated heterocycles. The van der Waals surface area contributed by atoms with Crippen LogP contribution in [0.1, 0.15) is 32.6 Å². The zero-order chi connectivity index (χ0) is 13.2. The second-order valence-corrected chi connectivity index (χ2v) is 4.13. The molecule has 0 aliphatic rings. The molecule has 0 saturated carbocycles. The van der Waals surface area contributed by atoms with Crippen molar-refractivity contribution in [2.45, 2.75) is 32.6 Å². The molecule has 0 fully saturated rings. The van der Waals surface area contributed by atoms with Crippen molar-refractivity contribution in [1.29, 1.82) is 0 Å². The summed E-state index contributed by atoms with van der Waals surface area (Å²) in [6, 6.07) is 5.14. The van der Waals surface area contributed by atoms with E-state index in [1.54, 1.807) is 25.2 Å². The fourth-order valence-corrected chi connectivity index (χ4v) is 1.71. The average molecular weight is 251 g/mol. The van der Waals surface area contributed by atoms with Gasteiger partial charge in [0.2, 0.25) is 0 Å². The van der Waals surface area contributed by atoms with Crippen molar-refractivity contribution >= 4 is 5.69 Å². The molecule has 0 bridgehead atoms. The van der Waals surface area contributed by atoms with Gasteiger partial charge in [0.25, 0.3) is 0 Å². The number of benzene rings is 1. The van der Waals surface area contributed by atoms with Gasteiger partial charge in [-0.25, -0.2) is 4.39 Å². The van der Waals surface area contributed by atoms with Gasteiger partial charge >= 0.3 is 0 Å². The molecule has 0 spiro atoms. The van der Waals surface area contributed by atoms with Crippen LogP contribution in [-0.2, 0) is 0 Å². The van der Waals surface area contributed by atoms with E-state index in [4.69, 9.17) is 4.74 Å². The van der Waals surface area contributed by atoms with E-state index in [0.717, 1.165) is 25.7 Å². The van der Waals surface area contributed by atoms with E-state index >= 15 is 0 Å². The van der Waals surface area contributed by atoms with Gasteiger partial charge in [0.15, 0.2) is 11.6 Å². The Morgan fingerprint density at radius 1 is 1.28 bits per heavy atom. The highest BCUT2D eigenvalue weighted by atomic mass is 19.1. The Labute approximate surface area is 109 Å². The van der Waals surface area contributed by atoms with Crippen molar-refractivity contribution in [2.75, 3.05) is 19.0 Å². The van der Waals surface area contributed by atoms with Crippen molar-refractivity contribution in [3.63, 3.8) is 0 Å². The number of unbranched alkanes of at least 4 members (excludes halogenated alkanes) is 3. The molecular weight excluding hydrogens is 229 g/mol. The van der Waals surface area contributed by atoms with Gasteiger partial charge in [-0.05, 0) is 44.7 Å². The van der Waals surface area contributed by atoms with Gasteiger partial charge in [-0.15, -0.1) is 0 Å². The normalized spacial score (nSPS) is 10.8. The quantitative estimate of drug-likeness (QED) is 0.546. The van der Waals surface area contributed by atoms with E-state index in [-0.39, 0.29) is 5.82 Å². The number of nitrogens with one attached hydrogen (secondary N) is 1. The summed E-state index contributed by atoms with van der Waals surface area (Å²) in [7, 11) is 1.70. The van der Waals surface area contributed by atoms with Crippen LogP contribution in [0.4, 0.5) is 10.1 Å². The van der Waals surface area contributed by atoms with Crippen LogP contribution in [0.2, 0.25) is 0 Å². The Morgan fingerprint density at radius 2 is 2.11 bits per heavy atom. The minimum absolute atomic E-state index is 0.311. The minimum atomic E-state index is -0.311. The summed E-state index contributed by atoms with van der Waals surface area (Å²) >= 11 is 0. The Balaban J connectivity index is 2.27. The molecule has 3 heteroatoms. The Morgan fingerprint density at radius 3 is 2.83 bits per heavy atom. The van der Waals surface area contributed by atoms with E-state index in [1.165, 1.54) is 0 Å². The standard InChI is InChI=1S/C15H22FNO/c1-3-4-5-6-7-8-12-18-14-11-9-10-13(17-2)15(14)16/h3-4,9-11,17H,5-8,12H2,1-2H3/b4-3+. The lowest BCUT2D eigenvalue weighted by Gasteiger charge is -2.09. The summed E-state index contributed by atoms with van der Waals surface area (Å²) in [5, 5.41) is 2.80. The summed E-state index contributed by atoms with van der Waals surface area (Å²) in [5.41, 5.74) is 0.473. The van der Waals surface area contributed by atoms with E-state index in [9.17, 15) is 4.39 Å². The summed E-state index contributed by atoms with van der Waals surface area (Å²) in [5.74, 6) is 0.0178. The van der Waals surface area contributed by atoms with Crippen LogP contribution < -0.4 is 10.1 Å². The molecule has 0 amide bonds. The second kappa shape index (κ2) is 8.56. The molecule has 0 heterocycles. The van der Waals surface area contributed by atoms with Crippen LogP contribution >= 0.6 is 0 Å². The molecule has 1 aromatic carbocycles. The van der Waals surface area contributed by atoms with Gasteiger partial charge in [-0.3, -0.25) is 0 Å². The van der Waals surface area contributed by atoms with Gasteiger partial charge < -0.3 is 10.1 Å². The lowest BCUT2D eigenvalue weighted by molar-refractivity contribution is 0.291. The molecule has 0 unspecified atom stereocenters. The van der Waals surface area contributed by atoms with Crippen molar-refractivity contribution in [3.05, 3.63) is 36.2 Å². The zero-order valence-corrected chi connectivity index (χ0v) is 11.2. The molecule has 1 N–H and O–H groups in total. The molecule has 0 atom stereocenters. The zero-order valence-electron chi connectivity index (χ0n) is 11.2. The fourth-order valence-electron chi connectivity index (χ4n) is 1.71. The van der Waals surface area contributed by atoms with Gasteiger partial charge in [0.05, 0.1) is 12.3 Å². The van der Waals surface area contributed by atoms with E-state index in [0.29, 0.717) is 18.0 Å². The highest BCUT2D eigenvalue weighted by molar-refractivity contribution is 5.49. The number of allylic oxidation sites excluding steroid dienone is 2. The van der Waals surface area contributed by atoms with E-state index in [2.05, 4.69) is 17.5 Å². The number of hydrogen-bond donors (Lipinski definition) is 1. The van der Waals surface area contributed by atoms with E-state index < -0.39 is 0 Å². The van der Waals surface area contributed by atoms with Crippen molar-refractivity contribution in [2.24, 2.45) is 0 Å². The Bertz CT molecular complexity index is 377. The minimum Gasteiger partial charge on any atom is -0.490 e. The largest absolute Gasteiger partial charge is 0.490 e. The maximum absolute atomic E-state index is 13.8. The summed E-state index contributed by atoms with van der Waals surface area (Å²) < 4.78 is 19.2. The first-order valence-corrected chi connectivity index (χ1v) is 6.49. The third-order valence-electron chi connectivity index (χ3n) is 2.74. The van der Waals surface area contributed by atoms with Gasteiger partial charge in [0.1, 0.15) is 0 Å². The first-order valence-electron chi connectivity index (χ1n) is 6.49. The van der Waals surface area contributed by atoms with Crippen LogP contribution in [0.3, 0.4) is 0 Å². The van der Waals surface area contributed by atoms with Crippen molar-refractivity contribution in [3.8, 4) is 5.75 Å². The SMILES string of the molecule is C/C=C/CCCCCOc1cccc(NC)c1F. The maximum Gasteiger partial charge on any atom is 0.188 e. The van der Waals surface area contributed by atoms with Gasteiger partial charge in [0, 0.05) is 7.05 Å². The van der Waals surface area contributed by atoms with Crippen molar-refractivity contribution in [1.82, 2.24) is 0 Å². The van der Waals surface area contributed by atoms with Crippen LogP contribution in [0.25, 0.3) is 0 Å².